The molecule has 3 N–H and O–H groups in total. The molecule has 0 fully saturated rings. The minimum absolute atomic E-state index is 0.0461. The smallest absolute Gasteiger partial charge is 0.316 e. The van der Waals surface area contributed by atoms with Crippen molar-refractivity contribution in [3.05, 3.63) is 22.0 Å². The molecule has 6 nitrogen and oxygen atoms in total. The number of aromatic nitrogens is 3. The first kappa shape index (κ1) is 11.0. The maximum Gasteiger partial charge on any atom is 0.316 e. The Hall–Kier alpha value is -1.47. The lowest BCUT2D eigenvalue weighted by Gasteiger charge is -2.07. The summed E-state index contributed by atoms with van der Waals surface area (Å²) in [5, 5.41) is 13.7. The molecule has 86 valence electrons. The molecule has 2 heterocycles. The molecule has 0 radical (unpaired) electrons. The van der Waals surface area contributed by atoms with Crippen LogP contribution >= 0.6 is 11.3 Å². The molecule has 0 aliphatic rings. The fourth-order valence-corrected chi connectivity index (χ4v) is 2.02. The minimum Gasteiger partial charge on any atom is -0.407 e. The number of anilines is 1. The number of rotatable bonds is 4. The van der Waals surface area contributed by atoms with Crippen molar-refractivity contribution in [2.75, 3.05) is 5.32 Å². The zero-order valence-corrected chi connectivity index (χ0v) is 9.91. The van der Waals surface area contributed by atoms with E-state index in [1.54, 1.807) is 11.3 Å². The third-order valence-electron chi connectivity index (χ3n) is 1.99. The van der Waals surface area contributed by atoms with Gasteiger partial charge in [-0.25, -0.2) is 4.98 Å². The molecule has 0 spiro atoms. The minimum atomic E-state index is 0.0461. The predicted molar refractivity (Wildman–Crippen MR) is 61.1 cm³/mol. The predicted octanol–water partition coefficient (Wildman–Crippen LogP) is 1.47. The van der Waals surface area contributed by atoms with Gasteiger partial charge in [-0.15, -0.1) is 16.4 Å². The normalized spacial score (nSPS) is 12.7. The molecule has 7 heteroatoms. The van der Waals surface area contributed by atoms with Gasteiger partial charge in [0.15, 0.2) is 0 Å². The largest absolute Gasteiger partial charge is 0.407 e. The highest BCUT2D eigenvalue weighted by molar-refractivity contribution is 7.09. The number of nitrogens with one attached hydrogen (secondary N) is 1. The van der Waals surface area contributed by atoms with Crippen LogP contribution in [0.3, 0.4) is 0 Å². The molecule has 0 saturated heterocycles. The van der Waals surface area contributed by atoms with Crippen LogP contribution in [0.1, 0.15) is 29.6 Å². The summed E-state index contributed by atoms with van der Waals surface area (Å²) >= 11 is 1.60. The van der Waals surface area contributed by atoms with E-state index in [1.807, 2.05) is 19.2 Å². The SMILES string of the molecule is Cc1csc(C(C)Nc2nnc(CN)o2)n1. The Labute approximate surface area is 96.9 Å². The first-order chi connectivity index (χ1) is 7.69. The number of thiazole rings is 1. The quantitative estimate of drug-likeness (QED) is 0.839. The molecule has 0 bridgehead atoms. The van der Waals surface area contributed by atoms with Crippen molar-refractivity contribution in [2.24, 2.45) is 5.73 Å². The van der Waals surface area contributed by atoms with E-state index >= 15 is 0 Å². The van der Waals surface area contributed by atoms with Gasteiger partial charge in [0.2, 0.25) is 5.89 Å². The van der Waals surface area contributed by atoms with Crippen LogP contribution in [0.5, 0.6) is 0 Å². The zero-order valence-electron chi connectivity index (χ0n) is 9.10. The van der Waals surface area contributed by atoms with Crippen LogP contribution < -0.4 is 11.1 Å². The summed E-state index contributed by atoms with van der Waals surface area (Å²) in [4.78, 5) is 4.38. The van der Waals surface area contributed by atoms with E-state index in [-0.39, 0.29) is 12.6 Å². The second kappa shape index (κ2) is 4.58. The van der Waals surface area contributed by atoms with E-state index in [9.17, 15) is 0 Å². The van der Waals surface area contributed by atoms with E-state index in [2.05, 4.69) is 20.5 Å². The molecule has 0 amide bonds. The van der Waals surface area contributed by atoms with Crippen LogP contribution in [0.25, 0.3) is 0 Å². The third-order valence-corrected chi connectivity index (χ3v) is 3.13. The van der Waals surface area contributed by atoms with Gasteiger partial charge in [0.1, 0.15) is 5.01 Å². The lowest BCUT2D eigenvalue weighted by atomic mass is 10.3. The molecule has 1 unspecified atom stereocenters. The van der Waals surface area contributed by atoms with Crippen molar-refractivity contribution in [1.29, 1.82) is 0 Å². The fraction of sp³-hybridized carbons (Fsp3) is 0.444. The first-order valence-electron chi connectivity index (χ1n) is 4.90. The van der Waals surface area contributed by atoms with Gasteiger partial charge < -0.3 is 15.5 Å². The molecule has 2 rings (SSSR count). The summed E-state index contributed by atoms with van der Waals surface area (Å²) in [6, 6.07) is 0.422. The van der Waals surface area contributed by atoms with Crippen molar-refractivity contribution in [2.45, 2.75) is 26.4 Å². The Morgan fingerprint density at radius 1 is 1.56 bits per heavy atom. The Bertz CT molecular complexity index is 466. The van der Waals surface area contributed by atoms with Crippen LogP contribution in [0.15, 0.2) is 9.80 Å². The van der Waals surface area contributed by atoms with Gasteiger partial charge in [0.05, 0.1) is 12.6 Å². The molecule has 0 aromatic carbocycles. The number of hydrogen-bond donors (Lipinski definition) is 2. The fourth-order valence-electron chi connectivity index (χ4n) is 1.21. The second-order valence-electron chi connectivity index (χ2n) is 3.40. The van der Waals surface area contributed by atoms with Crippen LogP contribution in [0.2, 0.25) is 0 Å². The van der Waals surface area contributed by atoms with Gasteiger partial charge in [-0.2, -0.15) is 0 Å². The summed E-state index contributed by atoms with van der Waals surface area (Å²) in [6.07, 6.45) is 0. The highest BCUT2D eigenvalue weighted by Gasteiger charge is 2.12. The maximum atomic E-state index is 5.37. The van der Waals surface area contributed by atoms with Crippen LogP contribution in [-0.2, 0) is 6.54 Å². The molecular weight excluding hydrogens is 226 g/mol. The highest BCUT2D eigenvalue weighted by Crippen LogP contribution is 2.21. The number of aryl methyl sites for hydroxylation is 1. The van der Waals surface area contributed by atoms with Crippen molar-refractivity contribution < 1.29 is 4.42 Å². The first-order valence-corrected chi connectivity index (χ1v) is 5.78. The molecule has 16 heavy (non-hydrogen) atoms. The summed E-state index contributed by atoms with van der Waals surface area (Å²) < 4.78 is 5.25. The highest BCUT2D eigenvalue weighted by atomic mass is 32.1. The van der Waals surface area contributed by atoms with Crippen molar-refractivity contribution >= 4 is 17.4 Å². The number of hydrogen-bond acceptors (Lipinski definition) is 7. The monoisotopic (exact) mass is 239 g/mol. The van der Waals surface area contributed by atoms with Crippen molar-refractivity contribution in [3.8, 4) is 0 Å². The van der Waals surface area contributed by atoms with Gasteiger partial charge in [-0.3, -0.25) is 0 Å². The summed E-state index contributed by atoms with van der Waals surface area (Å²) in [5.74, 6) is 0.421. The van der Waals surface area contributed by atoms with Crippen LogP contribution in [0.4, 0.5) is 6.01 Å². The van der Waals surface area contributed by atoms with E-state index in [0.29, 0.717) is 11.9 Å². The van der Waals surface area contributed by atoms with E-state index in [0.717, 1.165) is 10.7 Å². The lowest BCUT2D eigenvalue weighted by molar-refractivity contribution is 0.503. The molecule has 2 aromatic rings. The van der Waals surface area contributed by atoms with Crippen molar-refractivity contribution in [1.82, 2.24) is 15.2 Å². The van der Waals surface area contributed by atoms with Crippen LogP contribution in [-0.4, -0.2) is 15.2 Å². The van der Waals surface area contributed by atoms with Gasteiger partial charge >= 0.3 is 6.01 Å². The molecule has 0 aliphatic heterocycles. The summed E-state index contributed by atoms with van der Waals surface area (Å²) in [5.41, 5.74) is 6.39. The van der Waals surface area contributed by atoms with Gasteiger partial charge in [-0.1, -0.05) is 5.10 Å². The molecule has 2 aromatic heterocycles. The van der Waals surface area contributed by atoms with E-state index in [1.165, 1.54) is 0 Å². The van der Waals surface area contributed by atoms with Gasteiger partial charge in [-0.05, 0) is 13.8 Å². The second-order valence-corrected chi connectivity index (χ2v) is 4.29. The van der Waals surface area contributed by atoms with Gasteiger partial charge in [0.25, 0.3) is 0 Å². The Balaban J connectivity index is 2.04. The molecular formula is C9H13N5OS. The standard InChI is InChI=1S/C9H13N5OS/c1-5-4-16-8(11-5)6(2)12-9-14-13-7(3-10)15-9/h4,6H,3,10H2,1-2H3,(H,12,14). The summed E-state index contributed by atoms with van der Waals surface area (Å²) in [7, 11) is 0. The maximum absolute atomic E-state index is 5.37. The van der Waals surface area contributed by atoms with E-state index in [4.69, 9.17) is 10.2 Å². The van der Waals surface area contributed by atoms with E-state index < -0.39 is 0 Å². The molecule has 0 saturated carbocycles. The topological polar surface area (TPSA) is 89.9 Å². The molecule has 1 atom stereocenters. The average molecular weight is 239 g/mol. The Kier molecular flexibility index (Phi) is 3.16. The molecule has 0 aliphatic carbocycles. The Morgan fingerprint density at radius 2 is 2.38 bits per heavy atom. The number of nitrogens with two attached hydrogens (primary N) is 1. The third kappa shape index (κ3) is 2.37. The van der Waals surface area contributed by atoms with Crippen molar-refractivity contribution in [3.63, 3.8) is 0 Å². The lowest BCUT2D eigenvalue weighted by Crippen LogP contribution is -2.06. The number of nitrogens with zero attached hydrogens (tertiary/aromatic N) is 3. The zero-order chi connectivity index (χ0) is 11.5. The average Bonchev–Trinajstić information content (AvgIpc) is 2.87. The van der Waals surface area contributed by atoms with Gasteiger partial charge in [0, 0.05) is 11.1 Å². The van der Waals surface area contributed by atoms with Crippen LogP contribution in [0, 0.1) is 6.92 Å². The Morgan fingerprint density at radius 3 is 2.94 bits per heavy atom. The summed E-state index contributed by atoms with van der Waals surface area (Å²) in [6.45, 7) is 4.20.